The van der Waals surface area contributed by atoms with Gasteiger partial charge in [0.15, 0.2) is 0 Å². The first-order chi connectivity index (χ1) is 5.76. The van der Waals surface area contributed by atoms with Crippen LogP contribution in [-0.2, 0) is 0 Å². The maximum atomic E-state index is 9.18. The van der Waals surface area contributed by atoms with Crippen molar-refractivity contribution in [2.45, 2.75) is 38.1 Å². The highest BCUT2D eigenvalue weighted by atomic mass is 16.3. The number of nitrogens with zero attached hydrogens (tertiary/aromatic N) is 1. The zero-order chi connectivity index (χ0) is 8.60. The fraction of sp³-hybridized carbons (Fsp3) is 1.00. The van der Waals surface area contributed by atoms with Gasteiger partial charge in [-0.2, -0.15) is 0 Å². The fourth-order valence-corrected chi connectivity index (χ4v) is 2.34. The highest BCUT2D eigenvalue weighted by Crippen LogP contribution is 2.50. The molecule has 1 atom stereocenters. The SMILES string of the molecule is CN1CCCC1CC1(CO)CC1. The Kier molecular flexibility index (Phi) is 2.13. The Bertz CT molecular complexity index is 165. The molecule has 1 unspecified atom stereocenters. The van der Waals surface area contributed by atoms with Gasteiger partial charge in [-0.1, -0.05) is 0 Å². The van der Waals surface area contributed by atoms with E-state index in [1.165, 1.54) is 38.6 Å². The highest BCUT2D eigenvalue weighted by Gasteiger charge is 2.44. The standard InChI is InChI=1S/C10H19NO/c1-11-6-2-3-9(11)7-10(8-12)4-5-10/h9,12H,2-8H2,1H3. The number of likely N-dealkylation sites (tertiary alicyclic amines) is 1. The molecular weight excluding hydrogens is 150 g/mol. The normalized spacial score (nSPS) is 34.0. The van der Waals surface area contributed by atoms with Crippen molar-refractivity contribution in [2.24, 2.45) is 5.41 Å². The molecule has 1 aliphatic carbocycles. The zero-order valence-corrected chi connectivity index (χ0v) is 7.92. The lowest BCUT2D eigenvalue weighted by Gasteiger charge is -2.23. The fourth-order valence-electron chi connectivity index (χ4n) is 2.34. The second kappa shape index (κ2) is 3.00. The number of aliphatic hydroxyl groups is 1. The molecule has 12 heavy (non-hydrogen) atoms. The van der Waals surface area contributed by atoms with Crippen LogP contribution < -0.4 is 0 Å². The summed E-state index contributed by atoms with van der Waals surface area (Å²) in [5, 5.41) is 9.18. The van der Waals surface area contributed by atoms with Gasteiger partial charge in [0.2, 0.25) is 0 Å². The molecule has 0 amide bonds. The van der Waals surface area contributed by atoms with Gasteiger partial charge in [0, 0.05) is 12.6 Å². The molecule has 1 N–H and O–H groups in total. The van der Waals surface area contributed by atoms with Crippen LogP contribution in [-0.4, -0.2) is 36.2 Å². The van der Waals surface area contributed by atoms with Gasteiger partial charge in [0.05, 0.1) is 0 Å². The van der Waals surface area contributed by atoms with Gasteiger partial charge in [-0.3, -0.25) is 0 Å². The molecule has 2 nitrogen and oxygen atoms in total. The summed E-state index contributed by atoms with van der Waals surface area (Å²) < 4.78 is 0. The molecule has 1 aliphatic heterocycles. The molecule has 0 aromatic rings. The first kappa shape index (κ1) is 8.52. The van der Waals surface area contributed by atoms with Crippen molar-refractivity contribution in [3.05, 3.63) is 0 Å². The minimum Gasteiger partial charge on any atom is -0.396 e. The molecule has 0 spiro atoms. The van der Waals surface area contributed by atoms with E-state index in [0.717, 1.165) is 6.04 Å². The molecule has 2 aliphatic rings. The minimum atomic E-state index is 0.350. The predicted octanol–water partition coefficient (Wildman–Crippen LogP) is 1.24. The van der Waals surface area contributed by atoms with E-state index < -0.39 is 0 Å². The van der Waals surface area contributed by atoms with E-state index in [2.05, 4.69) is 11.9 Å². The molecule has 2 heteroatoms. The summed E-state index contributed by atoms with van der Waals surface area (Å²) in [6.07, 6.45) is 6.45. The average Bonchev–Trinajstić information content (AvgIpc) is 2.74. The van der Waals surface area contributed by atoms with Crippen LogP contribution in [0.15, 0.2) is 0 Å². The molecular formula is C10H19NO. The van der Waals surface area contributed by atoms with E-state index in [1.54, 1.807) is 0 Å². The molecule has 0 bridgehead atoms. The smallest absolute Gasteiger partial charge is 0.0488 e. The first-order valence-corrected chi connectivity index (χ1v) is 5.07. The number of hydrogen-bond acceptors (Lipinski definition) is 2. The van der Waals surface area contributed by atoms with Gasteiger partial charge >= 0.3 is 0 Å². The lowest BCUT2D eigenvalue weighted by molar-refractivity contribution is 0.166. The molecule has 0 radical (unpaired) electrons. The molecule has 1 saturated heterocycles. The van der Waals surface area contributed by atoms with Crippen molar-refractivity contribution in [2.75, 3.05) is 20.2 Å². The predicted molar refractivity (Wildman–Crippen MR) is 49.0 cm³/mol. The van der Waals surface area contributed by atoms with Crippen LogP contribution in [0.3, 0.4) is 0 Å². The Balaban J connectivity index is 1.86. The second-order valence-corrected chi connectivity index (χ2v) is 4.64. The van der Waals surface area contributed by atoms with Crippen LogP contribution in [0.5, 0.6) is 0 Å². The van der Waals surface area contributed by atoms with Crippen molar-refractivity contribution < 1.29 is 5.11 Å². The van der Waals surface area contributed by atoms with Gasteiger partial charge < -0.3 is 10.0 Å². The third-order valence-electron chi connectivity index (χ3n) is 3.63. The van der Waals surface area contributed by atoms with Crippen LogP contribution in [0.25, 0.3) is 0 Å². The molecule has 1 heterocycles. The molecule has 0 aromatic carbocycles. The van der Waals surface area contributed by atoms with Crippen LogP contribution in [0.2, 0.25) is 0 Å². The lowest BCUT2D eigenvalue weighted by atomic mass is 9.96. The summed E-state index contributed by atoms with van der Waals surface area (Å²) in [7, 11) is 2.21. The number of rotatable bonds is 3. The Morgan fingerprint density at radius 1 is 1.50 bits per heavy atom. The molecule has 2 rings (SSSR count). The quantitative estimate of drug-likeness (QED) is 0.687. The van der Waals surface area contributed by atoms with E-state index in [0.29, 0.717) is 12.0 Å². The monoisotopic (exact) mass is 169 g/mol. The molecule has 2 fully saturated rings. The Morgan fingerprint density at radius 3 is 2.67 bits per heavy atom. The van der Waals surface area contributed by atoms with Crippen molar-refractivity contribution in [3.8, 4) is 0 Å². The van der Waals surface area contributed by atoms with Crippen molar-refractivity contribution in [3.63, 3.8) is 0 Å². The van der Waals surface area contributed by atoms with Gasteiger partial charge in [-0.25, -0.2) is 0 Å². The van der Waals surface area contributed by atoms with Crippen molar-refractivity contribution in [1.29, 1.82) is 0 Å². The van der Waals surface area contributed by atoms with E-state index in [9.17, 15) is 5.11 Å². The molecule has 70 valence electrons. The second-order valence-electron chi connectivity index (χ2n) is 4.64. The molecule has 0 aromatic heterocycles. The minimum absolute atomic E-state index is 0.350. The van der Waals surface area contributed by atoms with E-state index in [-0.39, 0.29) is 0 Å². The van der Waals surface area contributed by atoms with Crippen LogP contribution in [0.1, 0.15) is 32.1 Å². The first-order valence-electron chi connectivity index (χ1n) is 5.07. The van der Waals surface area contributed by atoms with Crippen LogP contribution in [0.4, 0.5) is 0 Å². The summed E-state index contributed by atoms with van der Waals surface area (Å²) in [4.78, 5) is 2.45. The summed E-state index contributed by atoms with van der Waals surface area (Å²) >= 11 is 0. The topological polar surface area (TPSA) is 23.5 Å². The summed E-state index contributed by atoms with van der Waals surface area (Å²) in [5.74, 6) is 0. The Hall–Kier alpha value is -0.0800. The van der Waals surface area contributed by atoms with Crippen molar-refractivity contribution in [1.82, 2.24) is 4.90 Å². The van der Waals surface area contributed by atoms with Gasteiger partial charge in [0.1, 0.15) is 0 Å². The van der Waals surface area contributed by atoms with Crippen LogP contribution in [0, 0.1) is 5.41 Å². The largest absolute Gasteiger partial charge is 0.396 e. The number of hydrogen-bond donors (Lipinski definition) is 1. The van der Waals surface area contributed by atoms with Crippen molar-refractivity contribution >= 4 is 0 Å². The maximum absolute atomic E-state index is 9.18. The van der Waals surface area contributed by atoms with Gasteiger partial charge in [0.25, 0.3) is 0 Å². The lowest BCUT2D eigenvalue weighted by Crippen LogP contribution is -2.28. The zero-order valence-electron chi connectivity index (χ0n) is 7.92. The average molecular weight is 169 g/mol. The Labute approximate surface area is 74.6 Å². The number of aliphatic hydroxyl groups excluding tert-OH is 1. The Morgan fingerprint density at radius 2 is 2.25 bits per heavy atom. The van der Waals surface area contributed by atoms with E-state index in [1.807, 2.05) is 0 Å². The third-order valence-corrected chi connectivity index (χ3v) is 3.63. The molecule has 1 saturated carbocycles. The highest BCUT2D eigenvalue weighted by molar-refractivity contribution is 4.96. The summed E-state index contributed by atoms with van der Waals surface area (Å²) in [5.41, 5.74) is 0.350. The summed E-state index contributed by atoms with van der Waals surface area (Å²) in [6, 6.07) is 0.764. The van der Waals surface area contributed by atoms with Crippen LogP contribution >= 0.6 is 0 Å². The maximum Gasteiger partial charge on any atom is 0.0488 e. The van der Waals surface area contributed by atoms with E-state index in [4.69, 9.17) is 0 Å². The van der Waals surface area contributed by atoms with Gasteiger partial charge in [-0.05, 0) is 51.1 Å². The van der Waals surface area contributed by atoms with Gasteiger partial charge in [-0.15, -0.1) is 0 Å². The third kappa shape index (κ3) is 1.50. The summed E-state index contributed by atoms with van der Waals surface area (Å²) in [6.45, 7) is 1.67. The van der Waals surface area contributed by atoms with E-state index >= 15 is 0 Å².